The van der Waals surface area contributed by atoms with Gasteiger partial charge >= 0.3 is 5.97 Å². The molecule has 4 nitrogen and oxygen atoms in total. The van der Waals surface area contributed by atoms with Crippen molar-refractivity contribution in [1.29, 1.82) is 0 Å². The molecule has 0 atom stereocenters. The Labute approximate surface area is 208 Å². The molecule has 0 bridgehead atoms. The highest BCUT2D eigenvalue weighted by Crippen LogP contribution is 2.55. The van der Waals surface area contributed by atoms with Crippen LogP contribution in [0, 0.1) is 0 Å². The van der Waals surface area contributed by atoms with Gasteiger partial charge < -0.3 is 14.2 Å². The number of rotatable bonds is 2. The van der Waals surface area contributed by atoms with Crippen molar-refractivity contribution in [2.24, 2.45) is 0 Å². The van der Waals surface area contributed by atoms with Gasteiger partial charge in [-0.15, -0.1) is 0 Å². The first-order valence-corrected chi connectivity index (χ1v) is 11.9. The van der Waals surface area contributed by atoms with E-state index in [1.54, 1.807) is 7.11 Å². The zero-order valence-electron chi connectivity index (χ0n) is 19.9. The molecule has 5 aromatic rings. The lowest BCUT2D eigenvalue weighted by molar-refractivity contribution is 0.0599. The molecular weight excluding hydrogens is 448 g/mol. The summed E-state index contributed by atoms with van der Waals surface area (Å²) in [5.41, 5.74) is 4.84. The maximum absolute atomic E-state index is 13.0. The predicted octanol–water partition coefficient (Wildman–Crippen LogP) is 7.12. The van der Waals surface area contributed by atoms with Gasteiger partial charge in [-0.2, -0.15) is 0 Å². The number of fused-ring (bicyclic) bond motifs is 10. The van der Waals surface area contributed by atoms with Gasteiger partial charge in [-0.3, -0.25) is 0 Å². The smallest absolute Gasteiger partial charge is 0.338 e. The van der Waals surface area contributed by atoms with Gasteiger partial charge in [0, 0.05) is 27.5 Å². The summed E-state index contributed by atoms with van der Waals surface area (Å²) in [6.07, 6.45) is 4.07. The van der Waals surface area contributed by atoms with Crippen molar-refractivity contribution in [2.45, 2.75) is 5.60 Å². The summed E-state index contributed by atoms with van der Waals surface area (Å²) in [7, 11) is 3.08. The lowest BCUT2D eigenvalue weighted by atomic mass is 9.85. The van der Waals surface area contributed by atoms with Crippen molar-refractivity contribution in [3.63, 3.8) is 0 Å². The van der Waals surface area contributed by atoms with Crippen LogP contribution in [-0.2, 0) is 10.3 Å². The van der Waals surface area contributed by atoms with Crippen molar-refractivity contribution < 1.29 is 19.0 Å². The van der Waals surface area contributed by atoms with E-state index in [2.05, 4.69) is 42.5 Å². The zero-order valence-corrected chi connectivity index (χ0v) is 19.9. The molecule has 0 saturated carbocycles. The molecule has 0 aromatic heterocycles. The van der Waals surface area contributed by atoms with Gasteiger partial charge in [0.05, 0.1) is 19.8 Å². The number of esters is 1. The average Bonchev–Trinajstić information content (AvgIpc) is 3.21. The first kappa shape index (κ1) is 20.8. The molecule has 1 heterocycles. The molecule has 5 aromatic carbocycles. The predicted molar refractivity (Wildman–Crippen MR) is 142 cm³/mol. The minimum Gasteiger partial charge on any atom is -0.496 e. The van der Waals surface area contributed by atoms with E-state index < -0.39 is 11.6 Å². The summed E-state index contributed by atoms with van der Waals surface area (Å²) in [4.78, 5) is 13.0. The number of benzene rings is 5. The third kappa shape index (κ3) is 2.61. The Bertz CT molecular complexity index is 1720. The van der Waals surface area contributed by atoms with Crippen LogP contribution in [0.2, 0.25) is 0 Å². The summed E-state index contributed by atoms with van der Waals surface area (Å²) >= 11 is 0. The molecule has 1 aliphatic carbocycles. The number of carbonyl (C=O) groups is 1. The van der Waals surface area contributed by atoms with E-state index in [1.807, 2.05) is 54.6 Å². The Kier molecular flexibility index (Phi) is 4.31. The summed E-state index contributed by atoms with van der Waals surface area (Å²) in [5.74, 6) is 1.00. The second-order valence-electron chi connectivity index (χ2n) is 9.14. The number of carbonyl (C=O) groups excluding carboxylic acids is 1. The molecule has 36 heavy (non-hydrogen) atoms. The normalized spacial score (nSPS) is 14.3. The van der Waals surface area contributed by atoms with Crippen molar-refractivity contribution in [3.8, 4) is 22.6 Å². The molecule has 4 heteroatoms. The van der Waals surface area contributed by atoms with Crippen molar-refractivity contribution in [3.05, 3.63) is 113 Å². The van der Waals surface area contributed by atoms with E-state index in [-0.39, 0.29) is 0 Å². The maximum Gasteiger partial charge on any atom is 0.338 e. The van der Waals surface area contributed by atoms with Crippen LogP contribution in [0.5, 0.6) is 11.5 Å². The molecule has 174 valence electrons. The lowest BCUT2D eigenvalue weighted by Crippen LogP contribution is -2.32. The summed E-state index contributed by atoms with van der Waals surface area (Å²) < 4.78 is 18.1. The fraction of sp³-hybridized carbons (Fsp3) is 0.0938. The molecule has 0 amide bonds. The fourth-order valence-corrected chi connectivity index (χ4v) is 5.83. The van der Waals surface area contributed by atoms with E-state index in [4.69, 9.17) is 14.2 Å². The molecule has 0 saturated heterocycles. The highest BCUT2D eigenvalue weighted by atomic mass is 16.5. The minimum absolute atomic E-state index is 0.399. The highest BCUT2D eigenvalue weighted by Gasteiger charge is 2.46. The van der Waals surface area contributed by atoms with Crippen LogP contribution in [0.1, 0.15) is 27.0 Å². The molecular formula is C32H22O4. The Morgan fingerprint density at radius 1 is 0.750 bits per heavy atom. The van der Waals surface area contributed by atoms with E-state index in [0.717, 1.165) is 49.5 Å². The largest absolute Gasteiger partial charge is 0.496 e. The van der Waals surface area contributed by atoms with Crippen molar-refractivity contribution in [1.82, 2.24) is 0 Å². The van der Waals surface area contributed by atoms with Crippen LogP contribution in [0.15, 0.2) is 91.0 Å². The number of methoxy groups -OCH3 is 2. The molecule has 0 N–H and O–H groups in total. The van der Waals surface area contributed by atoms with Gasteiger partial charge in [0.2, 0.25) is 0 Å². The van der Waals surface area contributed by atoms with E-state index in [9.17, 15) is 4.79 Å². The second kappa shape index (κ2) is 7.46. The standard InChI is InChI=1S/C32H22O4/c1-34-29-18-25-24(19-9-3-4-12-22(19)29)17-26(31(33)35-2)23-15-16-32(36-30(23)25)27-13-7-5-10-20(27)21-11-6-8-14-28(21)32/h3-18H,1-2H3. The van der Waals surface area contributed by atoms with E-state index in [0.29, 0.717) is 16.9 Å². The van der Waals surface area contributed by atoms with E-state index >= 15 is 0 Å². The number of hydrogen-bond donors (Lipinski definition) is 0. The van der Waals surface area contributed by atoms with Crippen LogP contribution in [0.3, 0.4) is 0 Å². The fourth-order valence-electron chi connectivity index (χ4n) is 5.83. The van der Waals surface area contributed by atoms with Crippen molar-refractivity contribution >= 4 is 33.6 Å². The Morgan fingerprint density at radius 2 is 1.39 bits per heavy atom. The molecule has 1 spiro atoms. The van der Waals surface area contributed by atoms with Gasteiger partial charge in [-0.25, -0.2) is 4.79 Å². The third-order valence-electron chi connectivity index (χ3n) is 7.43. The van der Waals surface area contributed by atoms with Gasteiger partial charge in [0.15, 0.2) is 5.60 Å². The van der Waals surface area contributed by atoms with Crippen LogP contribution < -0.4 is 9.47 Å². The van der Waals surface area contributed by atoms with Crippen LogP contribution >= 0.6 is 0 Å². The lowest BCUT2D eigenvalue weighted by Gasteiger charge is -2.35. The topological polar surface area (TPSA) is 44.8 Å². The summed E-state index contributed by atoms with van der Waals surface area (Å²) in [6.45, 7) is 0. The Hall–Kier alpha value is -4.57. The molecule has 0 unspecified atom stereocenters. The Balaban J connectivity index is 1.60. The second-order valence-corrected chi connectivity index (χ2v) is 9.14. The van der Waals surface area contributed by atoms with Gasteiger partial charge in [0.1, 0.15) is 11.5 Å². The van der Waals surface area contributed by atoms with E-state index in [1.165, 1.54) is 7.11 Å². The summed E-state index contributed by atoms with van der Waals surface area (Å²) in [6, 6.07) is 28.6. The number of ether oxygens (including phenoxy) is 3. The van der Waals surface area contributed by atoms with Gasteiger partial charge in [0.25, 0.3) is 0 Å². The first-order chi connectivity index (χ1) is 17.7. The van der Waals surface area contributed by atoms with Gasteiger partial charge in [-0.05, 0) is 46.2 Å². The van der Waals surface area contributed by atoms with Crippen LogP contribution in [0.25, 0.3) is 38.7 Å². The molecule has 2 aliphatic rings. The maximum atomic E-state index is 13.0. The Morgan fingerprint density at radius 3 is 2.06 bits per heavy atom. The number of hydrogen-bond acceptors (Lipinski definition) is 4. The highest BCUT2D eigenvalue weighted by molar-refractivity contribution is 6.16. The molecule has 0 fully saturated rings. The molecule has 1 aliphatic heterocycles. The first-order valence-electron chi connectivity index (χ1n) is 11.9. The zero-order chi connectivity index (χ0) is 24.4. The third-order valence-corrected chi connectivity index (χ3v) is 7.43. The molecule has 0 radical (unpaired) electrons. The summed E-state index contributed by atoms with van der Waals surface area (Å²) in [5, 5.41) is 3.76. The molecule has 7 rings (SSSR count). The monoisotopic (exact) mass is 470 g/mol. The van der Waals surface area contributed by atoms with Crippen LogP contribution in [-0.4, -0.2) is 20.2 Å². The quantitative estimate of drug-likeness (QED) is 0.204. The van der Waals surface area contributed by atoms with Crippen LogP contribution in [0.4, 0.5) is 0 Å². The van der Waals surface area contributed by atoms with Gasteiger partial charge in [-0.1, -0.05) is 72.8 Å². The average molecular weight is 471 g/mol. The van der Waals surface area contributed by atoms with Crippen molar-refractivity contribution in [2.75, 3.05) is 14.2 Å². The minimum atomic E-state index is -0.805. The SMILES string of the molecule is COC(=O)c1cc2c(cc(OC)c3ccccc32)c2c1C=CC1(O2)c2ccccc2-c2ccccc21.